The van der Waals surface area contributed by atoms with Crippen LogP contribution in [-0.2, 0) is 17.2 Å². The van der Waals surface area contributed by atoms with E-state index in [1.54, 1.807) is 7.05 Å². The smallest absolute Gasteiger partial charge is 0.368 e. The van der Waals surface area contributed by atoms with Gasteiger partial charge < -0.3 is 9.47 Å². The van der Waals surface area contributed by atoms with E-state index in [-0.39, 0.29) is 17.2 Å². The second-order valence-electron chi connectivity index (χ2n) is 6.83. The summed E-state index contributed by atoms with van der Waals surface area (Å²) in [6.07, 6.45) is 0.845. The number of benzene rings is 1. The van der Waals surface area contributed by atoms with Crippen molar-refractivity contribution in [3.05, 3.63) is 34.2 Å². The van der Waals surface area contributed by atoms with Gasteiger partial charge in [0.2, 0.25) is 0 Å². The number of hydrogen-bond acceptors (Lipinski definition) is 5. The molecule has 0 radical (unpaired) electrons. The fourth-order valence-electron chi connectivity index (χ4n) is 2.50. The van der Waals surface area contributed by atoms with Crippen LogP contribution in [0.2, 0.25) is 0 Å². The van der Waals surface area contributed by atoms with Crippen LogP contribution in [0.5, 0.6) is 5.75 Å². The van der Waals surface area contributed by atoms with Crippen molar-refractivity contribution in [1.82, 2.24) is 19.8 Å². The van der Waals surface area contributed by atoms with Gasteiger partial charge in [0, 0.05) is 13.5 Å². The van der Waals surface area contributed by atoms with Crippen molar-refractivity contribution in [3.8, 4) is 11.4 Å². The fourth-order valence-corrected chi connectivity index (χ4v) is 2.50. The Morgan fingerprint density at radius 1 is 1.30 bits per heavy atom. The predicted molar refractivity (Wildman–Crippen MR) is 85.2 cm³/mol. The Kier molecular flexibility index (Phi) is 3.97. The summed E-state index contributed by atoms with van der Waals surface area (Å²) in [5, 5.41) is 7.74. The zero-order chi connectivity index (χ0) is 16.6. The monoisotopic (exact) mass is 318 g/mol. The Bertz CT molecular complexity index is 751. The molecule has 3 rings (SSSR count). The molecule has 1 fully saturated rings. The Morgan fingerprint density at radius 3 is 2.65 bits per heavy atom. The summed E-state index contributed by atoms with van der Waals surface area (Å²) in [4.78, 5) is 12.2. The van der Waals surface area contributed by atoms with Crippen LogP contribution in [0.1, 0.15) is 32.8 Å². The lowest BCUT2D eigenvalue weighted by atomic mass is 9.87. The maximum absolute atomic E-state index is 12.2. The highest BCUT2D eigenvalue weighted by atomic mass is 16.5. The highest BCUT2D eigenvalue weighted by molar-refractivity contribution is 5.49. The molecular formula is C16H22N4O3. The lowest BCUT2D eigenvalue weighted by Crippen LogP contribution is -2.24. The van der Waals surface area contributed by atoms with Crippen LogP contribution in [-0.4, -0.2) is 39.1 Å². The summed E-state index contributed by atoms with van der Waals surface area (Å²) < 4.78 is 13.9. The van der Waals surface area contributed by atoms with Crippen molar-refractivity contribution < 1.29 is 9.47 Å². The van der Waals surface area contributed by atoms with Crippen LogP contribution >= 0.6 is 0 Å². The zero-order valence-corrected chi connectivity index (χ0v) is 13.9. The minimum Gasteiger partial charge on any atom is -0.486 e. The summed E-state index contributed by atoms with van der Waals surface area (Å²) in [6, 6.07) is 5.87. The van der Waals surface area contributed by atoms with Gasteiger partial charge >= 0.3 is 5.69 Å². The highest BCUT2D eigenvalue weighted by Gasteiger charge is 2.23. The summed E-state index contributed by atoms with van der Waals surface area (Å²) >= 11 is 0. The first-order valence-electron chi connectivity index (χ1n) is 7.74. The molecule has 7 heteroatoms. The molecule has 1 aliphatic rings. The minimum atomic E-state index is -0.302. The normalized spacial score (nSPS) is 18.3. The molecule has 1 saturated heterocycles. The van der Waals surface area contributed by atoms with Crippen molar-refractivity contribution in [2.24, 2.45) is 7.05 Å². The first-order chi connectivity index (χ1) is 10.9. The highest BCUT2D eigenvalue weighted by Crippen LogP contribution is 2.30. The molecule has 23 heavy (non-hydrogen) atoms. The average molecular weight is 318 g/mol. The summed E-state index contributed by atoms with van der Waals surface area (Å²) in [5.74, 6) is 0.621. The van der Waals surface area contributed by atoms with Gasteiger partial charge in [-0.3, -0.25) is 0 Å². The van der Waals surface area contributed by atoms with Crippen molar-refractivity contribution in [2.75, 3.05) is 13.2 Å². The molecule has 7 nitrogen and oxygen atoms in total. The molecule has 0 amide bonds. The van der Waals surface area contributed by atoms with Crippen molar-refractivity contribution in [3.63, 3.8) is 0 Å². The van der Waals surface area contributed by atoms with E-state index in [4.69, 9.17) is 9.47 Å². The lowest BCUT2D eigenvalue weighted by Gasteiger charge is -2.22. The van der Waals surface area contributed by atoms with Crippen LogP contribution < -0.4 is 10.4 Å². The van der Waals surface area contributed by atoms with Crippen molar-refractivity contribution in [1.29, 1.82) is 0 Å². The molecule has 1 aromatic carbocycles. The Balaban J connectivity index is 2.07. The van der Waals surface area contributed by atoms with Gasteiger partial charge in [0.1, 0.15) is 17.5 Å². The van der Waals surface area contributed by atoms with Crippen LogP contribution in [0.15, 0.2) is 23.0 Å². The van der Waals surface area contributed by atoms with Gasteiger partial charge in [0.25, 0.3) is 0 Å². The number of ether oxygens (including phenoxy) is 2. The van der Waals surface area contributed by atoms with E-state index < -0.39 is 0 Å². The number of aromatic nitrogens is 4. The molecule has 1 aliphatic heterocycles. The maximum atomic E-state index is 12.2. The molecule has 1 unspecified atom stereocenters. The van der Waals surface area contributed by atoms with E-state index in [9.17, 15) is 4.79 Å². The largest absolute Gasteiger partial charge is 0.486 e. The third kappa shape index (κ3) is 3.14. The summed E-state index contributed by atoms with van der Waals surface area (Å²) in [6.45, 7) is 7.63. The number of tetrazole rings is 1. The zero-order valence-electron chi connectivity index (χ0n) is 13.9. The first kappa shape index (κ1) is 15.7. The number of rotatable bonds is 3. The quantitative estimate of drug-likeness (QED) is 0.856. The molecule has 0 saturated carbocycles. The van der Waals surface area contributed by atoms with E-state index in [1.165, 1.54) is 9.36 Å². The molecule has 2 heterocycles. The van der Waals surface area contributed by atoms with E-state index in [2.05, 4.69) is 31.2 Å². The third-order valence-electron chi connectivity index (χ3n) is 3.96. The molecular weight excluding hydrogens is 296 g/mol. The molecule has 0 bridgehead atoms. The summed E-state index contributed by atoms with van der Waals surface area (Å²) in [5.41, 5.74) is 1.36. The standard InChI is InChI=1S/C16H22N4O3/c1-16(2,3)11-5-6-14(23-12-7-8-22-10-12)13(9-11)20-15(21)19(4)17-18-20/h5-6,9,12H,7-8,10H2,1-4H3. The predicted octanol–water partition coefficient (Wildman–Crippen LogP) is 1.43. The van der Waals surface area contributed by atoms with Gasteiger partial charge in [-0.1, -0.05) is 26.8 Å². The first-order valence-corrected chi connectivity index (χ1v) is 7.74. The van der Waals surface area contributed by atoms with Gasteiger partial charge in [-0.05, 0) is 33.5 Å². The molecule has 1 atom stereocenters. The average Bonchev–Trinajstić information content (AvgIpc) is 3.10. The molecule has 124 valence electrons. The van der Waals surface area contributed by atoms with E-state index >= 15 is 0 Å². The van der Waals surface area contributed by atoms with Gasteiger partial charge in [-0.25, -0.2) is 4.79 Å². The second kappa shape index (κ2) is 5.81. The second-order valence-corrected chi connectivity index (χ2v) is 6.83. The topological polar surface area (TPSA) is 71.2 Å². The Labute approximate surface area is 134 Å². The lowest BCUT2D eigenvalue weighted by molar-refractivity contribution is 0.141. The van der Waals surface area contributed by atoms with Crippen LogP contribution in [0.25, 0.3) is 5.69 Å². The van der Waals surface area contributed by atoms with Crippen molar-refractivity contribution >= 4 is 0 Å². The Morgan fingerprint density at radius 2 is 2.09 bits per heavy atom. The van der Waals surface area contributed by atoms with E-state index in [1.807, 2.05) is 18.2 Å². The maximum Gasteiger partial charge on any atom is 0.368 e. The SMILES string of the molecule is Cn1nnn(-c2cc(C(C)(C)C)ccc2OC2CCOC2)c1=O. The number of aryl methyl sites for hydroxylation is 1. The number of nitrogens with zero attached hydrogens (tertiary/aromatic N) is 4. The molecule has 0 aliphatic carbocycles. The Hall–Kier alpha value is -2.15. The van der Waals surface area contributed by atoms with Crippen LogP contribution in [0.4, 0.5) is 0 Å². The van der Waals surface area contributed by atoms with Gasteiger partial charge in [-0.2, -0.15) is 9.36 Å². The number of hydrogen-bond donors (Lipinski definition) is 0. The minimum absolute atomic E-state index is 0.00149. The van der Waals surface area contributed by atoms with E-state index in [0.29, 0.717) is 24.7 Å². The molecule has 0 N–H and O–H groups in total. The van der Waals surface area contributed by atoms with Crippen molar-refractivity contribution in [2.45, 2.75) is 38.7 Å². The molecule has 2 aromatic rings. The van der Waals surface area contributed by atoms with Crippen LogP contribution in [0.3, 0.4) is 0 Å². The van der Waals surface area contributed by atoms with Gasteiger partial charge in [0.05, 0.1) is 13.2 Å². The molecule has 1 aromatic heterocycles. The van der Waals surface area contributed by atoms with E-state index in [0.717, 1.165) is 12.0 Å². The van der Waals surface area contributed by atoms with Gasteiger partial charge in [-0.15, -0.1) is 0 Å². The summed E-state index contributed by atoms with van der Waals surface area (Å²) in [7, 11) is 1.57. The van der Waals surface area contributed by atoms with Gasteiger partial charge in [0.15, 0.2) is 0 Å². The van der Waals surface area contributed by atoms with Crippen LogP contribution in [0, 0.1) is 0 Å². The molecule has 0 spiro atoms. The third-order valence-corrected chi connectivity index (χ3v) is 3.96. The fraction of sp³-hybridized carbons (Fsp3) is 0.562.